The summed E-state index contributed by atoms with van der Waals surface area (Å²) in [7, 11) is 0. The maximum absolute atomic E-state index is 14.2. The Morgan fingerprint density at radius 2 is 1.86 bits per heavy atom. The molecule has 3 heteroatoms. The second-order valence-corrected chi connectivity index (χ2v) is 9.07. The first-order valence-electron chi connectivity index (χ1n) is 9.23. The fourth-order valence-electron chi connectivity index (χ4n) is 7.11. The van der Waals surface area contributed by atoms with E-state index in [0.29, 0.717) is 30.0 Å². The molecule has 0 aromatic rings. The number of halogens is 1. The number of rotatable bonds is 0. The number of ketones is 1. The van der Waals surface area contributed by atoms with Gasteiger partial charge in [0.25, 0.3) is 0 Å². The summed E-state index contributed by atoms with van der Waals surface area (Å²) in [6.07, 6.45) is 5.73. The zero-order chi connectivity index (χ0) is 15.7. The standard InChI is InChI=1S/C19H29FO2/c1-18-8-3-4-16(21)13(18)6-5-11-12(18)7-9-19(2)14(11)10-15(20)17(19)22/h11-15,17,22H,3-10H2,1-2H3/t11-,12+,13?,14+,15-,17-,18-,19+/m1/s1. The molecule has 4 saturated carbocycles. The molecule has 8 atom stereocenters. The van der Waals surface area contributed by atoms with Crippen LogP contribution in [0.25, 0.3) is 0 Å². The topological polar surface area (TPSA) is 37.3 Å². The zero-order valence-electron chi connectivity index (χ0n) is 13.9. The molecule has 0 radical (unpaired) electrons. The van der Waals surface area contributed by atoms with Crippen LogP contribution in [0.5, 0.6) is 0 Å². The number of carbonyl (C=O) groups excluding carboxylic acids is 1. The first-order valence-corrected chi connectivity index (χ1v) is 9.23. The summed E-state index contributed by atoms with van der Waals surface area (Å²) >= 11 is 0. The molecule has 0 aromatic heterocycles. The molecule has 0 heterocycles. The van der Waals surface area contributed by atoms with Crippen molar-refractivity contribution in [1.82, 2.24) is 0 Å². The predicted molar refractivity (Wildman–Crippen MR) is 83.0 cm³/mol. The smallest absolute Gasteiger partial charge is 0.136 e. The maximum Gasteiger partial charge on any atom is 0.136 e. The van der Waals surface area contributed by atoms with E-state index in [1.54, 1.807) is 0 Å². The van der Waals surface area contributed by atoms with E-state index in [9.17, 15) is 14.3 Å². The number of Topliss-reactive ketones (excluding diaryl/α,β-unsaturated/α-hetero) is 1. The van der Waals surface area contributed by atoms with Gasteiger partial charge in [-0.25, -0.2) is 4.39 Å². The fourth-order valence-corrected chi connectivity index (χ4v) is 7.11. The highest BCUT2D eigenvalue weighted by atomic mass is 19.1. The number of hydrogen-bond acceptors (Lipinski definition) is 2. The maximum atomic E-state index is 14.2. The molecular weight excluding hydrogens is 279 g/mol. The van der Waals surface area contributed by atoms with Gasteiger partial charge in [0.1, 0.15) is 12.0 Å². The summed E-state index contributed by atoms with van der Waals surface area (Å²) in [5.41, 5.74) is -0.0958. The largest absolute Gasteiger partial charge is 0.390 e. The highest BCUT2D eigenvalue weighted by Gasteiger charge is 2.62. The Labute approximate surface area is 132 Å². The van der Waals surface area contributed by atoms with Gasteiger partial charge in [0, 0.05) is 12.3 Å². The van der Waals surface area contributed by atoms with E-state index < -0.39 is 12.3 Å². The van der Waals surface area contributed by atoms with Crippen molar-refractivity contribution in [1.29, 1.82) is 0 Å². The Morgan fingerprint density at radius 1 is 1.09 bits per heavy atom. The average Bonchev–Trinajstić information content (AvgIpc) is 2.71. The molecule has 4 rings (SSSR count). The van der Waals surface area contributed by atoms with Gasteiger partial charge in [0.2, 0.25) is 0 Å². The normalized spacial score (nSPS) is 57.9. The lowest BCUT2D eigenvalue weighted by atomic mass is 9.45. The number of hydrogen-bond donors (Lipinski definition) is 1. The van der Waals surface area contributed by atoms with E-state index in [1.807, 2.05) is 0 Å². The lowest BCUT2D eigenvalue weighted by Gasteiger charge is -2.59. The monoisotopic (exact) mass is 308 g/mol. The van der Waals surface area contributed by atoms with Crippen LogP contribution in [0.2, 0.25) is 0 Å². The minimum atomic E-state index is -1.05. The molecule has 4 aliphatic rings. The van der Waals surface area contributed by atoms with E-state index in [0.717, 1.165) is 44.9 Å². The van der Waals surface area contributed by atoms with Crippen molar-refractivity contribution in [2.75, 3.05) is 0 Å². The Kier molecular flexibility index (Phi) is 3.28. The van der Waals surface area contributed by atoms with Crippen molar-refractivity contribution in [3.05, 3.63) is 0 Å². The number of aliphatic hydroxyl groups excluding tert-OH is 1. The van der Waals surface area contributed by atoms with Crippen LogP contribution in [-0.2, 0) is 4.79 Å². The number of fused-ring (bicyclic) bond motifs is 5. The Morgan fingerprint density at radius 3 is 2.64 bits per heavy atom. The van der Waals surface area contributed by atoms with Crippen molar-refractivity contribution in [2.24, 2.45) is 34.5 Å². The molecule has 1 N–H and O–H groups in total. The van der Waals surface area contributed by atoms with Crippen molar-refractivity contribution in [3.8, 4) is 0 Å². The zero-order valence-corrected chi connectivity index (χ0v) is 13.9. The summed E-state index contributed by atoms with van der Waals surface area (Å²) < 4.78 is 14.2. The second kappa shape index (κ2) is 4.78. The SMILES string of the molecule is C[C@]12CC[C@H]3[C@@H](CCC4C(=O)CCC[C@@]43C)[C@@H]1C[C@@H](F)[C@H]2O. The number of carbonyl (C=O) groups is 1. The summed E-state index contributed by atoms with van der Waals surface area (Å²) in [5, 5.41) is 10.4. The van der Waals surface area contributed by atoms with E-state index >= 15 is 0 Å². The molecule has 0 amide bonds. The predicted octanol–water partition coefficient (Wildman–Crippen LogP) is 3.91. The van der Waals surface area contributed by atoms with Gasteiger partial charge in [-0.3, -0.25) is 4.79 Å². The second-order valence-electron chi connectivity index (χ2n) is 9.07. The molecule has 2 nitrogen and oxygen atoms in total. The van der Waals surface area contributed by atoms with Crippen LogP contribution >= 0.6 is 0 Å². The van der Waals surface area contributed by atoms with Gasteiger partial charge in [0.05, 0.1) is 6.10 Å². The van der Waals surface area contributed by atoms with Crippen LogP contribution in [-0.4, -0.2) is 23.2 Å². The van der Waals surface area contributed by atoms with Crippen molar-refractivity contribution < 1.29 is 14.3 Å². The van der Waals surface area contributed by atoms with Gasteiger partial charge in [0.15, 0.2) is 0 Å². The molecule has 4 fully saturated rings. The van der Waals surface area contributed by atoms with Crippen LogP contribution in [0.4, 0.5) is 4.39 Å². The molecule has 0 saturated heterocycles. The van der Waals surface area contributed by atoms with E-state index in [2.05, 4.69) is 13.8 Å². The molecule has 22 heavy (non-hydrogen) atoms. The van der Waals surface area contributed by atoms with Crippen molar-refractivity contribution in [3.63, 3.8) is 0 Å². The number of alkyl halides is 1. The van der Waals surface area contributed by atoms with Gasteiger partial charge in [-0.15, -0.1) is 0 Å². The van der Waals surface area contributed by atoms with Crippen LogP contribution in [0, 0.1) is 34.5 Å². The molecule has 0 aliphatic heterocycles. The molecule has 4 aliphatic carbocycles. The van der Waals surface area contributed by atoms with Gasteiger partial charge in [-0.05, 0) is 73.5 Å². The molecule has 0 bridgehead atoms. The molecule has 124 valence electrons. The number of aliphatic hydroxyl groups is 1. The Balaban J connectivity index is 1.67. The molecule has 0 aromatic carbocycles. The first kappa shape index (κ1) is 15.1. The lowest BCUT2D eigenvalue weighted by Crippen LogP contribution is -2.55. The van der Waals surface area contributed by atoms with Gasteiger partial charge < -0.3 is 5.11 Å². The third kappa shape index (κ3) is 1.78. The van der Waals surface area contributed by atoms with E-state index in [-0.39, 0.29) is 16.7 Å². The van der Waals surface area contributed by atoms with E-state index in [1.165, 1.54) is 0 Å². The van der Waals surface area contributed by atoms with Crippen LogP contribution in [0.1, 0.15) is 65.2 Å². The minimum absolute atomic E-state index is 0.138. The van der Waals surface area contributed by atoms with Crippen LogP contribution < -0.4 is 0 Å². The van der Waals surface area contributed by atoms with Gasteiger partial charge in [-0.2, -0.15) is 0 Å². The van der Waals surface area contributed by atoms with Crippen molar-refractivity contribution in [2.45, 2.75) is 77.5 Å². The minimum Gasteiger partial charge on any atom is -0.390 e. The highest BCUT2D eigenvalue weighted by Crippen LogP contribution is 2.65. The van der Waals surface area contributed by atoms with Crippen LogP contribution in [0.15, 0.2) is 0 Å². The third-order valence-corrected chi connectivity index (χ3v) is 8.33. The fraction of sp³-hybridized carbons (Fsp3) is 0.947. The third-order valence-electron chi connectivity index (χ3n) is 8.33. The van der Waals surface area contributed by atoms with Crippen molar-refractivity contribution >= 4 is 5.78 Å². The highest BCUT2D eigenvalue weighted by molar-refractivity contribution is 5.82. The summed E-state index contributed by atoms with van der Waals surface area (Å²) in [4.78, 5) is 12.4. The summed E-state index contributed by atoms with van der Waals surface area (Å²) in [6.45, 7) is 4.45. The summed E-state index contributed by atoms with van der Waals surface area (Å²) in [5.74, 6) is 2.12. The first-order chi connectivity index (χ1) is 10.4. The average molecular weight is 308 g/mol. The van der Waals surface area contributed by atoms with Crippen LogP contribution in [0.3, 0.4) is 0 Å². The summed E-state index contributed by atoms with van der Waals surface area (Å²) in [6, 6.07) is 0. The Hall–Kier alpha value is -0.440. The molecule has 1 unspecified atom stereocenters. The molecule has 0 spiro atoms. The Bertz CT molecular complexity index is 492. The van der Waals surface area contributed by atoms with Gasteiger partial charge >= 0.3 is 0 Å². The molecular formula is C19H29FO2. The van der Waals surface area contributed by atoms with E-state index in [4.69, 9.17) is 0 Å². The quantitative estimate of drug-likeness (QED) is 0.737. The van der Waals surface area contributed by atoms with Gasteiger partial charge in [-0.1, -0.05) is 13.8 Å². The lowest BCUT2D eigenvalue weighted by molar-refractivity contribution is -0.150.